The highest BCUT2D eigenvalue weighted by Gasteiger charge is 2.13. The Hall–Kier alpha value is -4.06. The van der Waals surface area contributed by atoms with Crippen molar-refractivity contribution in [3.8, 4) is 22.4 Å². The van der Waals surface area contributed by atoms with Crippen molar-refractivity contribution in [3.05, 3.63) is 93.7 Å². The van der Waals surface area contributed by atoms with Crippen LogP contribution in [0, 0.1) is 18.3 Å². The topological polar surface area (TPSA) is 92.1 Å². The van der Waals surface area contributed by atoms with E-state index in [9.17, 15) is 14.9 Å². The molecule has 4 aromatic rings. The van der Waals surface area contributed by atoms with Gasteiger partial charge in [-0.1, -0.05) is 35.9 Å². The van der Waals surface area contributed by atoms with Gasteiger partial charge >= 0.3 is 5.97 Å². The first-order chi connectivity index (χ1) is 16.0. The molecule has 1 amide bonds. The predicted molar refractivity (Wildman–Crippen MR) is 130 cm³/mol. The number of anilines is 1. The first-order valence-corrected chi connectivity index (χ1v) is 11.6. The fraction of sp³-hybridized carbons (Fsp3) is 0.0400. The summed E-state index contributed by atoms with van der Waals surface area (Å²) in [5, 5.41) is 16.3. The van der Waals surface area contributed by atoms with Crippen LogP contribution in [0.3, 0.4) is 0 Å². The SMILES string of the molecule is Cc1ccc(C(=O)Oc2ccc(C=C(C#N)C(=O)Nc3nc(-c4cccs4)cs3)cc2)cc1. The molecule has 0 fully saturated rings. The normalized spacial score (nSPS) is 11.0. The molecule has 0 spiro atoms. The molecule has 162 valence electrons. The molecular weight excluding hydrogens is 454 g/mol. The van der Waals surface area contributed by atoms with Crippen LogP contribution >= 0.6 is 22.7 Å². The molecular formula is C25H17N3O3S2. The van der Waals surface area contributed by atoms with E-state index in [-0.39, 0.29) is 5.57 Å². The molecule has 2 heterocycles. The van der Waals surface area contributed by atoms with Crippen LogP contribution in [0.4, 0.5) is 5.13 Å². The molecule has 2 aromatic carbocycles. The van der Waals surface area contributed by atoms with Crippen LogP contribution in [0.25, 0.3) is 16.6 Å². The van der Waals surface area contributed by atoms with Crippen molar-refractivity contribution >= 4 is 45.8 Å². The molecule has 0 aliphatic rings. The lowest BCUT2D eigenvalue weighted by atomic mass is 10.1. The highest BCUT2D eigenvalue weighted by atomic mass is 32.1. The summed E-state index contributed by atoms with van der Waals surface area (Å²) in [4.78, 5) is 30.2. The zero-order valence-electron chi connectivity index (χ0n) is 17.4. The standard InChI is InChI=1S/C25H17N3O3S2/c1-16-4-8-18(9-5-16)24(30)31-20-10-6-17(7-11-20)13-19(14-26)23(29)28-25-27-21(15-33-25)22-3-2-12-32-22/h2-13,15H,1H3,(H,27,28,29). The number of carbonyl (C=O) groups is 2. The van der Waals surface area contributed by atoms with E-state index in [0.29, 0.717) is 22.0 Å². The Kier molecular flexibility index (Phi) is 6.74. The van der Waals surface area contributed by atoms with E-state index in [1.165, 1.54) is 17.4 Å². The second-order valence-corrected chi connectivity index (χ2v) is 8.77. The highest BCUT2D eigenvalue weighted by molar-refractivity contribution is 7.16. The van der Waals surface area contributed by atoms with Crippen LogP contribution in [-0.4, -0.2) is 16.9 Å². The Morgan fingerprint density at radius 3 is 2.48 bits per heavy atom. The van der Waals surface area contributed by atoms with Crippen LogP contribution < -0.4 is 10.1 Å². The van der Waals surface area contributed by atoms with Gasteiger partial charge in [0.25, 0.3) is 5.91 Å². The van der Waals surface area contributed by atoms with E-state index in [4.69, 9.17) is 4.74 Å². The number of rotatable bonds is 6. The molecule has 6 nitrogen and oxygen atoms in total. The number of nitrogens with one attached hydrogen (secondary N) is 1. The van der Waals surface area contributed by atoms with Crippen molar-refractivity contribution in [2.75, 3.05) is 5.32 Å². The Morgan fingerprint density at radius 2 is 1.82 bits per heavy atom. The van der Waals surface area contributed by atoms with E-state index in [0.717, 1.165) is 16.1 Å². The Morgan fingerprint density at radius 1 is 1.06 bits per heavy atom. The first kappa shape index (κ1) is 22.1. The van der Waals surface area contributed by atoms with Gasteiger partial charge in [-0.25, -0.2) is 9.78 Å². The summed E-state index contributed by atoms with van der Waals surface area (Å²) < 4.78 is 5.38. The van der Waals surface area contributed by atoms with Gasteiger partial charge in [-0.2, -0.15) is 5.26 Å². The maximum absolute atomic E-state index is 12.5. The number of esters is 1. The summed E-state index contributed by atoms with van der Waals surface area (Å²) in [7, 11) is 0. The van der Waals surface area contributed by atoms with Crippen molar-refractivity contribution < 1.29 is 14.3 Å². The second kappa shape index (κ2) is 10.0. The van der Waals surface area contributed by atoms with Crippen LogP contribution in [0.5, 0.6) is 5.75 Å². The number of thiophene rings is 1. The summed E-state index contributed by atoms with van der Waals surface area (Å²) in [5.74, 6) is -0.634. The van der Waals surface area contributed by atoms with Crippen LogP contribution in [-0.2, 0) is 4.79 Å². The van der Waals surface area contributed by atoms with E-state index in [1.807, 2.05) is 48.0 Å². The first-order valence-electron chi connectivity index (χ1n) is 9.83. The summed E-state index contributed by atoms with van der Waals surface area (Å²) in [6.07, 6.45) is 1.47. The minimum absolute atomic E-state index is 0.0627. The second-order valence-electron chi connectivity index (χ2n) is 6.96. The third-order valence-corrected chi connectivity index (χ3v) is 6.20. The predicted octanol–water partition coefficient (Wildman–Crippen LogP) is 5.94. The van der Waals surface area contributed by atoms with E-state index >= 15 is 0 Å². The Bertz CT molecular complexity index is 1350. The van der Waals surface area contributed by atoms with Gasteiger partial charge in [0.2, 0.25) is 0 Å². The van der Waals surface area contributed by atoms with Crippen molar-refractivity contribution in [2.24, 2.45) is 0 Å². The highest BCUT2D eigenvalue weighted by Crippen LogP contribution is 2.28. The lowest BCUT2D eigenvalue weighted by Crippen LogP contribution is -2.13. The van der Waals surface area contributed by atoms with Crippen LogP contribution in [0.15, 0.2) is 77.0 Å². The lowest BCUT2D eigenvalue weighted by molar-refractivity contribution is -0.112. The zero-order valence-corrected chi connectivity index (χ0v) is 19.1. The van der Waals surface area contributed by atoms with Crippen molar-refractivity contribution in [1.29, 1.82) is 5.26 Å². The van der Waals surface area contributed by atoms with E-state index in [1.54, 1.807) is 47.7 Å². The number of nitriles is 1. The van der Waals surface area contributed by atoms with Gasteiger partial charge in [-0.3, -0.25) is 10.1 Å². The molecule has 0 aliphatic carbocycles. The molecule has 0 bridgehead atoms. The Balaban J connectivity index is 1.41. The molecule has 0 saturated carbocycles. The number of aryl methyl sites for hydroxylation is 1. The third-order valence-electron chi connectivity index (χ3n) is 4.55. The van der Waals surface area contributed by atoms with Gasteiger partial charge in [0.1, 0.15) is 17.4 Å². The van der Waals surface area contributed by atoms with Gasteiger partial charge in [0.15, 0.2) is 5.13 Å². The summed E-state index contributed by atoms with van der Waals surface area (Å²) in [6.45, 7) is 1.94. The van der Waals surface area contributed by atoms with Gasteiger partial charge in [0, 0.05) is 5.38 Å². The smallest absolute Gasteiger partial charge is 0.343 e. The van der Waals surface area contributed by atoms with Crippen molar-refractivity contribution in [1.82, 2.24) is 4.98 Å². The summed E-state index contributed by atoms with van der Waals surface area (Å²) in [5.41, 5.74) is 2.85. The number of aromatic nitrogens is 1. The Labute approximate surface area is 198 Å². The lowest BCUT2D eigenvalue weighted by Gasteiger charge is -2.05. The number of amides is 1. The molecule has 33 heavy (non-hydrogen) atoms. The quantitative estimate of drug-likeness (QED) is 0.162. The number of carbonyl (C=O) groups excluding carboxylic acids is 2. The number of benzene rings is 2. The van der Waals surface area contributed by atoms with E-state index in [2.05, 4.69) is 10.3 Å². The number of ether oxygens (including phenoxy) is 1. The fourth-order valence-corrected chi connectivity index (χ4v) is 4.30. The summed E-state index contributed by atoms with van der Waals surface area (Å²) >= 11 is 2.86. The van der Waals surface area contributed by atoms with E-state index < -0.39 is 11.9 Å². The molecule has 8 heteroatoms. The minimum Gasteiger partial charge on any atom is -0.423 e. The van der Waals surface area contributed by atoms with Crippen molar-refractivity contribution in [3.63, 3.8) is 0 Å². The van der Waals surface area contributed by atoms with Crippen molar-refractivity contribution in [2.45, 2.75) is 6.92 Å². The maximum atomic E-state index is 12.5. The summed E-state index contributed by atoms with van der Waals surface area (Å²) in [6, 6.07) is 19.5. The van der Waals surface area contributed by atoms with Crippen LogP contribution in [0.2, 0.25) is 0 Å². The average molecular weight is 472 g/mol. The molecule has 0 radical (unpaired) electrons. The fourth-order valence-electron chi connectivity index (χ4n) is 2.84. The van der Waals surface area contributed by atoms with Crippen LogP contribution in [0.1, 0.15) is 21.5 Å². The zero-order chi connectivity index (χ0) is 23.2. The molecule has 0 atom stereocenters. The monoisotopic (exact) mass is 471 g/mol. The van der Waals surface area contributed by atoms with Gasteiger partial charge in [0.05, 0.1) is 16.1 Å². The van der Waals surface area contributed by atoms with Gasteiger partial charge < -0.3 is 4.74 Å². The molecule has 0 saturated heterocycles. The number of hydrogen-bond acceptors (Lipinski definition) is 7. The molecule has 0 unspecified atom stereocenters. The largest absolute Gasteiger partial charge is 0.423 e. The maximum Gasteiger partial charge on any atom is 0.343 e. The minimum atomic E-state index is -0.542. The number of nitrogens with zero attached hydrogens (tertiary/aromatic N) is 2. The average Bonchev–Trinajstić information content (AvgIpc) is 3.51. The molecule has 0 aliphatic heterocycles. The molecule has 2 aromatic heterocycles. The number of hydrogen-bond donors (Lipinski definition) is 1. The van der Waals surface area contributed by atoms with Gasteiger partial charge in [-0.15, -0.1) is 22.7 Å². The third kappa shape index (κ3) is 5.60. The number of thiazole rings is 1. The van der Waals surface area contributed by atoms with Gasteiger partial charge in [-0.05, 0) is 54.3 Å². The molecule has 1 N–H and O–H groups in total. The molecule has 4 rings (SSSR count).